The molecule has 0 saturated carbocycles. The molecule has 0 aliphatic rings. The van der Waals surface area contributed by atoms with E-state index in [2.05, 4.69) is 0 Å². The molecule has 136 valence electrons. The molecule has 3 heteroatoms. The molecule has 0 N–H and O–H groups in total. The standard InChI is InChI=1S/C23H27NO2/c1-5-6-17-20(22(25)26-23(2,3)4)24-21(18-13-9-7-10-14-18)19-15-11-8-12-16-19/h5-16,20H,17H2,1-4H3/b6-5+. The summed E-state index contributed by atoms with van der Waals surface area (Å²) in [7, 11) is 0. The van der Waals surface area contributed by atoms with E-state index in [0.29, 0.717) is 6.42 Å². The van der Waals surface area contributed by atoms with Crippen LogP contribution in [-0.4, -0.2) is 23.3 Å². The van der Waals surface area contributed by atoms with Crippen LogP contribution in [0.1, 0.15) is 45.2 Å². The molecule has 1 atom stereocenters. The van der Waals surface area contributed by atoms with Crippen molar-refractivity contribution < 1.29 is 9.53 Å². The summed E-state index contributed by atoms with van der Waals surface area (Å²) in [4.78, 5) is 17.5. The molecule has 0 fully saturated rings. The number of nitrogens with zero attached hydrogens (tertiary/aromatic N) is 1. The molecule has 2 aromatic rings. The zero-order chi connectivity index (χ0) is 19.0. The third-order valence-electron chi connectivity index (χ3n) is 3.65. The summed E-state index contributed by atoms with van der Waals surface area (Å²) in [6.07, 6.45) is 4.39. The smallest absolute Gasteiger partial charge is 0.331 e. The minimum atomic E-state index is -0.583. The van der Waals surface area contributed by atoms with Gasteiger partial charge in [0.15, 0.2) is 6.04 Å². The van der Waals surface area contributed by atoms with Crippen LogP contribution in [0.4, 0.5) is 0 Å². The highest BCUT2D eigenvalue weighted by Crippen LogP contribution is 2.17. The van der Waals surface area contributed by atoms with Crippen molar-refractivity contribution in [1.82, 2.24) is 0 Å². The van der Waals surface area contributed by atoms with Crippen molar-refractivity contribution in [3.63, 3.8) is 0 Å². The lowest BCUT2D eigenvalue weighted by Crippen LogP contribution is -2.31. The fraction of sp³-hybridized carbons (Fsp3) is 0.304. The number of aliphatic imine (C=N–C) groups is 1. The Hall–Kier alpha value is -2.68. The van der Waals surface area contributed by atoms with Crippen LogP contribution in [0.2, 0.25) is 0 Å². The van der Waals surface area contributed by atoms with Crippen molar-refractivity contribution in [1.29, 1.82) is 0 Å². The lowest BCUT2D eigenvalue weighted by atomic mass is 10.0. The normalized spacial score (nSPS) is 12.6. The summed E-state index contributed by atoms with van der Waals surface area (Å²) in [5.41, 5.74) is 2.22. The third-order valence-corrected chi connectivity index (χ3v) is 3.65. The van der Waals surface area contributed by atoms with Gasteiger partial charge in [0.25, 0.3) is 0 Å². The zero-order valence-electron chi connectivity index (χ0n) is 16.0. The number of benzene rings is 2. The lowest BCUT2D eigenvalue weighted by molar-refractivity contribution is -0.156. The van der Waals surface area contributed by atoms with Gasteiger partial charge in [-0.25, -0.2) is 4.79 Å². The maximum atomic E-state index is 12.7. The van der Waals surface area contributed by atoms with Crippen LogP contribution in [0.5, 0.6) is 0 Å². The quantitative estimate of drug-likeness (QED) is 0.408. The van der Waals surface area contributed by atoms with Gasteiger partial charge in [-0.15, -0.1) is 0 Å². The van der Waals surface area contributed by atoms with E-state index >= 15 is 0 Å². The summed E-state index contributed by atoms with van der Waals surface area (Å²) >= 11 is 0. The molecule has 0 bridgehead atoms. The minimum Gasteiger partial charge on any atom is -0.458 e. The van der Waals surface area contributed by atoms with E-state index in [4.69, 9.17) is 9.73 Å². The number of ether oxygens (including phenoxy) is 1. The van der Waals surface area contributed by atoms with E-state index in [1.807, 2.05) is 101 Å². The van der Waals surface area contributed by atoms with Crippen molar-refractivity contribution >= 4 is 11.7 Å². The molecule has 3 nitrogen and oxygen atoms in total. The van der Waals surface area contributed by atoms with Gasteiger partial charge in [-0.3, -0.25) is 4.99 Å². The van der Waals surface area contributed by atoms with Crippen molar-refractivity contribution in [2.75, 3.05) is 0 Å². The second-order valence-electron chi connectivity index (χ2n) is 7.06. The summed E-state index contributed by atoms with van der Waals surface area (Å²) in [6.45, 7) is 7.55. The number of hydrogen-bond acceptors (Lipinski definition) is 3. The highest BCUT2D eigenvalue weighted by atomic mass is 16.6. The van der Waals surface area contributed by atoms with Crippen LogP contribution in [0.3, 0.4) is 0 Å². The fourth-order valence-electron chi connectivity index (χ4n) is 2.50. The first-order valence-corrected chi connectivity index (χ1v) is 8.93. The Morgan fingerprint density at radius 2 is 1.50 bits per heavy atom. The Kier molecular flexibility index (Phi) is 6.90. The van der Waals surface area contributed by atoms with E-state index in [0.717, 1.165) is 16.8 Å². The largest absolute Gasteiger partial charge is 0.458 e. The van der Waals surface area contributed by atoms with Gasteiger partial charge in [-0.05, 0) is 34.1 Å². The van der Waals surface area contributed by atoms with Gasteiger partial charge in [-0.1, -0.05) is 72.8 Å². The Labute approximate surface area is 156 Å². The molecular weight excluding hydrogens is 322 g/mol. The number of esters is 1. The SMILES string of the molecule is C/C=C/CC(N=C(c1ccccc1)c1ccccc1)C(=O)OC(C)(C)C. The minimum absolute atomic E-state index is 0.306. The van der Waals surface area contributed by atoms with E-state index in [1.165, 1.54) is 0 Å². The molecule has 2 aromatic carbocycles. The van der Waals surface area contributed by atoms with Crippen molar-refractivity contribution in [2.24, 2.45) is 4.99 Å². The number of carbonyl (C=O) groups excluding carboxylic acids is 1. The summed E-state index contributed by atoms with van der Waals surface area (Å²) in [5.74, 6) is -0.306. The van der Waals surface area contributed by atoms with Gasteiger partial charge in [0, 0.05) is 11.1 Å². The van der Waals surface area contributed by atoms with Crippen molar-refractivity contribution in [3.8, 4) is 0 Å². The predicted molar refractivity (Wildman–Crippen MR) is 108 cm³/mol. The van der Waals surface area contributed by atoms with Gasteiger partial charge < -0.3 is 4.74 Å². The second kappa shape index (κ2) is 9.14. The third kappa shape index (κ3) is 5.99. The van der Waals surface area contributed by atoms with Gasteiger partial charge in [0.1, 0.15) is 5.60 Å². The number of carbonyl (C=O) groups is 1. The zero-order valence-corrected chi connectivity index (χ0v) is 16.0. The van der Waals surface area contributed by atoms with Crippen LogP contribution in [0.25, 0.3) is 0 Å². The molecule has 0 aromatic heterocycles. The Balaban J connectivity index is 2.47. The average Bonchev–Trinajstić information content (AvgIpc) is 2.62. The fourth-order valence-corrected chi connectivity index (χ4v) is 2.50. The van der Waals surface area contributed by atoms with E-state index in [9.17, 15) is 4.79 Å². The Morgan fingerprint density at radius 1 is 1.00 bits per heavy atom. The van der Waals surface area contributed by atoms with Crippen LogP contribution in [-0.2, 0) is 9.53 Å². The highest BCUT2D eigenvalue weighted by Gasteiger charge is 2.25. The van der Waals surface area contributed by atoms with Crippen LogP contribution < -0.4 is 0 Å². The van der Waals surface area contributed by atoms with Gasteiger partial charge in [0.2, 0.25) is 0 Å². The first-order chi connectivity index (χ1) is 12.4. The Morgan fingerprint density at radius 3 is 1.92 bits per heavy atom. The molecule has 0 saturated heterocycles. The molecule has 1 unspecified atom stereocenters. The second-order valence-corrected chi connectivity index (χ2v) is 7.06. The number of hydrogen-bond donors (Lipinski definition) is 0. The predicted octanol–water partition coefficient (Wildman–Crippen LogP) is 5.20. The molecule has 0 heterocycles. The number of rotatable bonds is 6. The van der Waals surface area contributed by atoms with Gasteiger partial charge in [-0.2, -0.15) is 0 Å². The van der Waals surface area contributed by atoms with E-state index in [1.54, 1.807) is 0 Å². The molecule has 0 aliphatic carbocycles. The topological polar surface area (TPSA) is 38.7 Å². The number of allylic oxidation sites excluding steroid dienone is 1. The monoisotopic (exact) mass is 349 g/mol. The average molecular weight is 349 g/mol. The molecule has 0 radical (unpaired) electrons. The van der Waals surface area contributed by atoms with Crippen LogP contribution in [0, 0.1) is 0 Å². The molecule has 0 amide bonds. The Bertz CT molecular complexity index is 714. The van der Waals surface area contributed by atoms with E-state index < -0.39 is 11.6 Å². The molecule has 0 aliphatic heterocycles. The highest BCUT2D eigenvalue weighted by molar-refractivity contribution is 6.13. The first-order valence-electron chi connectivity index (χ1n) is 8.93. The van der Waals surface area contributed by atoms with Crippen LogP contribution in [0.15, 0.2) is 77.8 Å². The van der Waals surface area contributed by atoms with Crippen molar-refractivity contribution in [3.05, 3.63) is 83.9 Å². The summed E-state index contributed by atoms with van der Waals surface area (Å²) in [6, 6.07) is 19.3. The van der Waals surface area contributed by atoms with Gasteiger partial charge >= 0.3 is 5.97 Å². The van der Waals surface area contributed by atoms with Crippen LogP contribution >= 0.6 is 0 Å². The summed E-state index contributed by atoms with van der Waals surface area (Å²) < 4.78 is 5.59. The van der Waals surface area contributed by atoms with Crippen molar-refractivity contribution in [2.45, 2.75) is 45.8 Å². The van der Waals surface area contributed by atoms with E-state index in [-0.39, 0.29) is 5.97 Å². The van der Waals surface area contributed by atoms with Gasteiger partial charge in [0.05, 0.1) is 5.71 Å². The maximum absolute atomic E-state index is 12.7. The molecule has 0 spiro atoms. The molecule has 26 heavy (non-hydrogen) atoms. The first kappa shape index (κ1) is 19.6. The molecule has 2 rings (SSSR count). The summed E-state index contributed by atoms with van der Waals surface area (Å²) in [5, 5.41) is 0. The maximum Gasteiger partial charge on any atom is 0.331 e. The lowest BCUT2D eigenvalue weighted by Gasteiger charge is -2.22. The molecular formula is C23H27NO2.